The van der Waals surface area contributed by atoms with Gasteiger partial charge >= 0.3 is 0 Å². The van der Waals surface area contributed by atoms with E-state index in [0.29, 0.717) is 36.3 Å². The first-order chi connectivity index (χ1) is 15.2. The summed E-state index contributed by atoms with van der Waals surface area (Å²) in [5, 5.41) is 11.0. The predicted octanol–water partition coefficient (Wildman–Crippen LogP) is 3.15. The maximum absolute atomic E-state index is 5.43. The summed E-state index contributed by atoms with van der Waals surface area (Å²) in [6.07, 6.45) is 3.82. The molecule has 0 fully saturated rings. The van der Waals surface area contributed by atoms with Crippen LogP contribution in [0.4, 0.5) is 0 Å². The fourth-order valence-electron chi connectivity index (χ4n) is 3.10. The van der Waals surface area contributed by atoms with Crippen molar-refractivity contribution in [1.82, 2.24) is 20.4 Å². The van der Waals surface area contributed by atoms with Gasteiger partial charge in [-0.3, -0.25) is 0 Å². The van der Waals surface area contributed by atoms with Crippen molar-refractivity contribution in [2.75, 3.05) is 27.9 Å². The van der Waals surface area contributed by atoms with Crippen molar-refractivity contribution in [3.63, 3.8) is 0 Å². The maximum Gasteiger partial charge on any atom is 0.203 e. The van der Waals surface area contributed by atoms with E-state index in [1.807, 2.05) is 66.5 Å². The van der Waals surface area contributed by atoms with Crippen LogP contribution in [0.2, 0.25) is 0 Å². The number of nitrogens with one attached hydrogen (secondary N) is 2. The highest BCUT2D eigenvalue weighted by atomic mass is 16.5. The molecule has 3 rings (SSSR count). The molecule has 0 aliphatic rings. The molecule has 8 heteroatoms. The van der Waals surface area contributed by atoms with E-state index in [1.165, 1.54) is 0 Å². The van der Waals surface area contributed by atoms with Gasteiger partial charge in [0.1, 0.15) is 0 Å². The van der Waals surface area contributed by atoms with Gasteiger partial charge in [-0.15, -0.1) is 0 Å². The van der Waals surface area contributed by atoms with E-state index >= 15 is 0 Å². The number of guanidine groups is 1. The number of methoxy groups -OCH3 is 3. The third kappa shape index (κ3) is 5.69. The van der Waals surface area contributed by atoms with Crippen molar-refractivity contribution in [2.45, 2.75) is 20.0 Å². The molecule has 0 bridgehead atoms. The van der Waals surface area contributed by atoms with Gasteiger partial charge in [-0.2, -0.15) is 5.10 Å². The van der Waals surface area contributed by atoms with E-state index in [9.17, 15) is 0 Å². The minimum atomic E-state index is 0.511. The second-order valence-corrected chi connectivity index (χ2v) is 6.71. The third-order valence-corrected chi connectivity index (χ3v) is 4.61. The molecule has 0 saturated heterocycles. The molecular weight excluding hydrogens is 394 g/mol. The molecule has 1 aromatic heterocycles. The predicted molar refractivity (Wildman–Crippen MR) is 121 cm³/mol. The monoisotopic (exact) mass is 423 g/mol. The second-order valence-electron chi connectivity index (χ2n) is 6.71. The van der Waals surface area contributed by atoms with E-state index in [0.717, 1.165) is 23.4 Å². The quantitative estimate of drug-likeness (QED) is 0.406. The Balaban J connectivity index is 1.69. The zero-order valence-electron chi connectivity index (χ0n) is 18.4. The van der Waals surface area contributed by atoms with Gasteiger partial charge < -0.3 is 24.8 Å². The molecule has 0 spiro atoms. The van der Waals surface area contributed by atoms with E-state index in [4.69, 9.17) is 14.2 Å². The highest BCUT2D eigenvalue weighted by Crippen LogP contribution is 2.38. The minimum Gasteiger partial charge on any atom is -0.493 e. The smallest absolute Gasteiger partial charge is 0.203 e. The molecule has 164 valence electrons. The number of nitrogens with zero attached hydrogens (tertiary/aromatic N) is 3. The van der Waals surface area contributed by atoms with Crippen molar-refractivity contribution in [3.8, 4) is 22.9 Å². The largest absolute Gasteiger partial charge is 0.493 e. The number of rotatable bonds is 9. The standard InChI is InChI=1S/C23H29N5O3/c1-5-24-23(25-13-17-11-20(29-2)22(31-4)21(12-17)30-3)26-14-18-15-27-28(16-18)19-9-7-6-8-10-19/h6-12,15-16H,5,13-14H2,1-4H3,(H2,24,25,26). The lowest BCUT2D eigenvalue weighted by Gasteiger charge is -2.15. The van der Waals surface area contributed by atoms with E-state index in [2.05, 4.69) is 20.7 Å². The van der Waals surface area contributed by atoms with Crippen LogP contribution in [0, 0.1) is 0 Å². The molecule has 31 heavy (non-hydrogen) atoms. The van der Waals surface area contributed by atoms with Gasteiger partial charge in [0.2, 0.25) is 5.75 Å². The van der Waals surface area contributed by atoms with Crippen LogP contribution in [-0.4, -0.2) is 43.6 Å². The Morgan fingerprint density at radius 2 is 1.68 bits per heavy atom. The summed E-state index contributed by atoms with van der Waals surface area (Å²) in [7, 11) is 4.80. The number of para-hydroxylation sites is 1. The topological polar surface area (TPSA) is 81.9 Å². The molecule has 0 amide bonds. The van der Waals surface area contributed by atoms with Gasteiger partial charge in [0.15, 0.2) is 17.5 Å². The van der Waals surface area contributed by atoms with Crippen LogP contribution in [0.3, 0.4) is 0 Å². The molecule has 0 aliphatic carbocycles. The Kier molecular flexibility index (Phi) is 7.75. The van der Waals surface area contributed by atoms with Crippen molar-refractivity contribution in [1.29, 1.82) is 0 Å². The van der Waals surface area contributed by atoms with Crippen molar-refractivity contribution in [2.24, 2.45) is 4.99 Å². The number of hydrogen-bond donors (Lipinski definition) is 2. The first kappa shape index (κ1) is 22.0. The van der Waals surface area contributed by atoms with Crippen molar-refractivity contribution in [3.05, 3.63) is 66.0 Å². The van der Waals surface area contributed by atoms with Gasteiger partial charge in [-0.05, 0) is 36.8 Å². The molecule has 0 saturated carbocycles. The molecule has 0 atom stereocenters. The van der Waals surface area contributed by atoms with Crippen LogP contribution < -0.4 is 24.8 Å². The SMILES string of the molecule is CCNC(=NCc1cnn(-c2ccccc2)c1)NCc1cc(OC)c(OC)c(OC)c1. The maximum atomic E-state index is 5.43. The summed E-state index contributed by atoms with van der Waals surface area (Å²) >= 11 is 0. The molecule has 0 radical (unpaired) electrons. The third-order valence-electron chi connectivity index (χ3n) is 4.61. The van der Waals surface area contributed by atoms with Gasteiger partial charge in [0.25, 0.3) is 0 Å². The lowest BCUT2D eigenvalue weighted by Crippen LogP contribution is -2.36. The Morgan fingerprint density at radius 3 is 2.29 bits per heavy atom. The highest BCUT2D eigenvalue weighted by molar-refractivity contribution is 5.79. The van der Waals surface area contributed by atoms with Crippen molar-refractivity contribution >= 4 is 5.96 Å². The van der Waals surface area contributed by atoms with Gasteiger partial charge in [-0.25, -0.2) is 9.67 Å². The molecular formula is C23H29N5O3. The van der Waals surface area contributed by atoms with Crippen LogP contribution in [-0.2, 0) is 13.1 Å². The average Bonchev–Trinajstić information content (AvgIpc) is 3.29. The number of benzene rings is 2. The van der Waals surface area contributed by atoms with Gasteiger partial charge in [-0.1, -0.05) is 18.2 Å². The summed E-state index contributed by atoms with van der Waals surface area (Å²) in [6.45, 7) is 3.84. The summed E-state index contributed by atoms with van der Waals surface area (Å²) in [6, 6.07) is 13.8. The normalized spacial score (nSPS) is 11.2. The number of ether oxygens (including phenoxy) is 3. The van der Waals surface area contributed by atoms with E-state index in [-0.39, 0.29) is 0 Å². The fourth-order valence-corrected chi connectivity index (χ4v) is 3.10. The number of hydrogen-bond acceptors (Lipinski definition) is 5. The summed E-state index contributed by atoms with van der Waals surface area (Å²) in [5.41, 5.74) is 3.02. The first-order valence-electron chi connectivity index (χ1n) is 10.1. The fraction of sp³-hybridized carbons (Fsp3) is 0.304. The average molecular weight is 424 g/mol. The van der Waals surface area contributed by atoms with Crippen LogP contribution in [0.25, 0.3) is 5.69 Å². The Hall–Kier alpha value is -3.68. The molecule has 2 aromatic carbocycles. The Bertz CT molecular complexity index is 976. The zero-order chi connectivity index (χ0) is 22.1. The molecule has 0 aliphatic heterocycles. The van der Waals surface area contributed by atoms with Gasteiger partial charge in [0, 0.05) is 24.8 Å². The molecule has 8 nitrogen and oxygen atoms in total. The van der Waals surface area contributed by atoms with E-state index in [1.54, 1.807) is 21.3 Å². The molecule has 3 aromatic rings. The minimum absolute atomic E-state index is 0.511. The summed E-state index contributed by atoms with van der Waals surface area (Å²) in [5.74, 6) is 2.52. The van der Waals surface area contributed by atoms with Crippen LogP contribution >= 0.6 is 0 Å². The summed E-state index contributed by atoms with van der Waals surface area (Å²) < 4.78 is 18.1. The second kappa shape index (κ2) is 10.9. The van der Waals surface area contributed by atoms with Crippen molar-refractivity contribution < 1.29 is 14.2 Å². The Morgan fingerprint density at radius 1 is 0.968 bits per heavy atom. The van der Waals surface area contributed by atoms with Crippen LogP contribution in [0.15, 0.2) is 59.9 Å². The lowest BCUT2D eigenvalue weighted by molar-refractivity contribution is 0.323. The van der Waals surface area contributed by atoms with Crippen LogP contribution in [0.1, 0.15) is 18.1 Å². The summed E-state index contributed by atoms with van der Waals surface area (Å²) in [4.78, 5) is 4.68. The first-order valence-corrected chi connectivity index (χ1v) is 10.1. The molecule has 2 N–H and O–H groups in total. The number of aliphatic imine (C=N–C) groups is 1. The van der Waals surface area contributed by atoms with Gasteiger partial charge in [0.05, 0.1) is 39.8 Å². The zero-order valence-corrected chi connectivity index (χ0v) is 18.4. The lowest BCUT2D eigenvalue weighted by atomic mass is 10.2. The molecule has 0 unspecified atom stereocenters. The van der Waals surface area contributed by atoms with E-state index < -0.39 is 0 Å². The highest BCUT2D eigenvalue weighted by Gasteiger charge is 2.13. The molecule has 1 heterocycles. The van der Waals surface area contributed by atoms with Crippen LogP contribution in [0.5, 0.6) is 17.2 Å². The Labute approximate surface area is 182 Å². The number of aromatic nitrogens is 2.